The number of ketones is 1. The lowest BCUT2D eigenvalue weighted by molar-refractivity contribution is -0.136. The first-order chi connectivity index (χ1) is 13.5. The largest absolute Gasteiger partial charge is 0.497 e. The number of carbonyl (C=O) groups excluding carboxylic acids is 2. The first-order valence-corrected chi connectivity index (χ1v) is 10.7. The third kappa shape index (κ3) is 1.78. The summed E-state index contributed by atoms with van der Waals surface area (Å²) in [7, 11) is 1.42. The number of hydrogen-bond donors (Lipinski definition) is 0. The maximum absolute atomic E-state index is 13.9. The number of rotatable bonds is 1. The number of nitrogens with zero attached hydrogens (tertiary/aromatic N) is 1. The van der Waals surface area contributed by atoms with Crippen molar-refractivity contribution in [3.8, 4) is 0 Å². The zero-order chi connectivity index (χ0) is 19.4. The van der Waals surface area contributed by atoms with Gasteiger partial charge in [0.25, 0.3) is 0 Å². The molecule has 5 heteroatoms. The quantitative estimate of drug-likeness (QED) is 0.654. The van der Waals surface area contributed by atoms with Gasteiger partial charge < -0.3 is 9.47 Å². The number of Topliss-reactive ketones (excluding diaryl/α,β-unsaturated/α-hetero) is 1. The van der Waals surface area contributed by atoms with Gasteiger partial charge in [-0.15, -0.1) is 0 Å². The number of esters is 1. The number of piperidine rings is 1. The Labute approximate surface area is 165 Å². The van der Waals surface area contributed by atoms with Crippen LogP contribution >= 0.6 is 0 Å². The number of hydrogen-bond acceptors (Lipinski definition) is 5. The van der Waals surface area contributed by atoms with E-state index in [1.807, 2.05) is 0 Å². The van der Waals surface area contributed by atoms with E-state index in [4.69, 9.17) is 9.47 Å². The number of carbonyl (C=O) groups is 2. The third-order valence-electron chi connectivity index (χ3n) is 8.61. The topological polar surface area (TPSA) is 55.8 Å². The fourth-order valence-electron chi connectivity index (χ4n) is 7.33. The zero-order valence-corrected chi connectivity index (χ0v) is 16.8. The van der Waals surface area contributed by atoms with E-state index in [1.165, 1.54) is 7.11 Å². The minimum atomic E-state index is -0.355. The van der Waals surface area contributed by atoms with Crippen molar-refractivity contribution in [2.45, 2.75) is 45.6 Å². The molecule has 3 aliphatic heterocycles. The van der Waals surface area contributed by atoms with Crippen molar-refractivity contribution >= 4 is 11.8 Å². The van der Waals surface area contributed by atoms with Crippen LogP contribution in [0.2, 0.25) is 0 Å². The second-order valence-corrected chi connectivity index (χ2v) is 9.66. The second kappa shape index (κ2) is 5.38. The SMILES string of the molecule is COC(=O)C1=C2CCOC3=C2C2=C1C(=O)[C@H]1C[C@@H]4N(C[C@H](CC3)[C@]24C)C[C@@H]1C. The maximum atomic E-state index is 13.9. The van der Waals surface area contributed by atoms with Gasteiger partial charge in [0.05, 0.1) is 19.3 Å². The molecule has 6 aliphatic rings. The van der Waals surface area contributed by atoms with Crippen LogP contribution in [0.4, 0.5) is 0 Å². The Bertz CT molecular complexity index is 925. The molecule has 0 spiro atoms. The van der Waals surface area contributed by atoms with Crippen LogP contribution in [0.1, 0.15) is 39.5 Å². The Kier molecular flexibility index (Phi) is 3.27. The van der Waals surface area contributed by atoms with Gasteiger partial charge in [-0.1, -0.05) is 13.8 Å². The first kappa shape index (κ1) is 17.0. The summed E-state index contributed by atoms with van der Waals surface area (Å²) in [5.74, 6) is 1.63. The molecule has 3 heterocycles. The standard InChI is InChI=1S/C23H27NO4/c1-11-9-24-10-12-4-5-15-17-13(6-7-28-15)18(22(26)27-3)19-20(17)23(12,2)16(24)8-14(11)21(19)25/h11-12,14,16H,4-10H2,1-3H3/t11-,12-,14-,16-,23-/m0/s1. The molecule has 0 N–H and O–H groups in total. The average molecular weight is 381 g/mol. The Balaban J connectivity index is 1.71. The lowest BCUT2D eigenvalue weighted by atomic mass is 9.65. The Hall–Kier alpha value is -1.88. The monoisotopic (exact) mass is 381 g/mol. The molecular weight excluding hydrogens is 354 g/mol. The molecule has 2 saturated heterocycles. The summed E-state index contributed by atoms with van der Waals surface area (Å²) in [5.41, 5.74) is 4.39. The molecule has 3 aliphatic carbocycles. The molecule has 0 radical (unpaired) electrons. The fraction of sp³-hybridized carbons (Fsp3) is 0.652. The molecule has 5 atom stereocenters. The molecule has 2 fully saturated rings. The van der Waals surface area contributed by atoms with Gasteiger partial charge in [0.1, 0.15) is 5.76 Å². The van der Waals surface area contributed by atoms with Gasteiger partial charge in [-0.05, 0) is 35.8 Å². The van der Waals surface area contributed by atoms with Crippen LogP contribution < -0.4 is 0 Å². The van der Waals surface area contributed by atoms with Gasteiger partial charge in [-0.3, -0.25) is 9.69 Å². The van der Waals surface area contributed by atoms with Crippen LogP contribution in [0.25, 0.3) is 0 Å². The van der Waals surface area contributed by atoms with Crippen LogP contribution in [-0.4, -0.2) is 49.5 Å². The Morgan fingerprint density at radius 2 is 2.07 bits per heavy atom. The molecule has 0 amide bonds. The summed E-state index contributed by atoms with van der Waals surface area (Å²) in [6.45, 7) is 7.23. The van der Waals surface area contributed by atoms with Crippen molar-refractivity contribution in [3.05, 3.63) is 33.6 Å². The fourth-order valence-corrected chi connectivity index (χ4v) is 7.33. The normalized spacial score (nSPS) is 41.2. The van der Waals surface area contributed by atoms with E-state index in [1.54, 1.807) is 0 Å². The predicted molar refractivity (Wildman–Crippen MR) is 102 cm³/mol. The second-order valence-electron chi connectivity index (χ2n) is 9.66. The van der Waals surface area contributed by atoms with Crippen molar-refractivity contribution in [2.24, 2.45) is 23.2 Å². The summed E-state index contributed by atoms with van der Waals surface area (Å²) < 4.78 is 11.3. The molecule has 0 unspecified atom stereocenters. The molecule has 5 nitrogen and oxygen atoms in total. The first-order valence-electron chi connectivity index (χ1n) is 10.7. The molecule has 28 heavy (non-hydrogen) atoms. The van der Waals surface area contributed by atoms with E-state index >= 15 is 0 Å². The van der Waals surface area contributed by atoms with Crippen molar-refractivity contribution < 1.29 is 19.1 Å². The minimum Gasteiger partial charge on any atom is -0.497 e. The van der Waals surface area contributed by atoms with Crippen LogP contribution in [0, 0.1) is 23.2 Å². The van der Waals surface area contributed by atoms with Crippen LogP contribution in [0.3, 0.4) is 0 Å². The highest BCUT2D eigenvalue weighted by Crippen LogP contribution is 2.64. The van der Waals surface area contributed by atoms with Crippen LogP contribution in [-0.2, 0) is 19.1 Å². The van der Waals surface area contributed by atoms with Crippen LogP contribution in [0.5, 0.6) is 0 Å². The van der Waals surface area contributed by atoms with Crippen molar-refractivity contribution in [1.29, 1.82) is 0 Å². The lowest BCUT2D eigenvalue weighted by Gasteiger charge is -2.43. The van der Waals surface area contributed by atoms with E-state index < -0.39 is 0 Å². The van der Waals surface area contributed by atoms with Gasteiger partial charge in [-0.25, -0.2) is 4.79 Å². The van der Waals surface area contributed by atoms with Crippen molar-refractivity contribution in [1.82, 2.24) is 4.90 Å². The summed E-state index contributed by atoms with van der Waals surface area (Å²) in [5, 5.41) is 0. The van der Waals surface area contributed by atoms with Gasteiger partial charge in [0.15, 0.2) is 5.78 Å². The molecule has 148 valence electrons. The van der Waals surface area contributed by atoms with E-state index in [-0.39, 0.29) is 23.1 Å². The number of ether oxygens (including phenoxy) is 2. The van der Waals surface area contributed by atoms with Gasteiger partial charge in [-0.2, -0.15) is 0 Å². The molecule has 0 aromatic carbocycles. The highest BCUT2D eigenvalue weighted by Gasteiger charge is 2.63. The molecule has 0 saturated carbocycles. The van der Waals surface area contributed by atoms with Crippen LogP contribution in [0.15, 0.2) is 33.6 Å². The number of methoxy groups -OCH3 is 1. The smallest absolute Gasteiger partial charge is 0.338 e. The van der Waals surface area contributed by atoms with E-state index in [0.717, 1.165) is 54.8 Å². The predicted octanol–water partition coefficient (Wildman–Crippen LogP) is 2.78. The summed E-state index contributed by atoms with van der Waals surface area (Å²) in [4.78, 5) is 29.5. The lowest BCUT2D eigenvalue weighted by Crippen LogP contribution is -2.48. The molecule has 0 aromatic heterocycles. The third-order valence-corrected chi connectivity index (χ3v) is 8.61. The Morgan fingerprint density at radius 1 is 1.25 bits per heavy atom. The zero-order valence-electron chi connectivity index (χ0n) is 16.8. The summed E-state index contributed by atoms with van der Waals surface area (Å²) in [6, 6.07) is 0.377. The maximum Gasteiger partial charge on any atom is 0.338 e. The van der Waals surface area contributed by atoms with Crippen molar-refractivity contribution in [2.75, 3.05) is 26.8 Å². The highest BCUT2D eigenvalue weighted by molar-refractivity contribution is 6.15. The summed E-state index contributed by atoms with van der Waals surface area (Å²) in [6.07, 6.45) is 3.58. The van der Waals surface area contributed by atoms with E-state index in [9.17, 15) is 9.59 Å². The van der Waals surface area contributed by atoms with Gasteiger partial charge in [0.2, 0.25) is 0 Å². The number of allylic oxidation sites excluding steroid dienone is 2. The minimum absolute atomic E-state index is 0.00312. The molecular formula is C23H27NO4. The number of fused-ring (bicyclic) bond motifs is 1. The van der Waals surface area contributed by atoms with E-state index in [0.29, 0.717) is 42.1 Å². The average Bonchev–Trinajstić information content (AvgIpc) is 3.11. The van der Waals surface area contributed by atoms with E-state index in [2.05, 4.69) is 18.7 Å². The molecule has 2 bridgehead atoms. The van der Waals surface area contributed by atoms with Crippen molar-refractivity contribution in [3.63, 3.8) is 0 Å². The molecule has 0 aromatic rings. The highest BCUT2D eigenvalue weighted by atomic mass is 16.5. The Morgan fingerprint density at radius 3 is 2.86 bits per heavy atom. The molecule has 6 rings (SSSR count). The van der Waals surface area contributed by atoms with Gasteiger partial charge >= 0.3 is 5.97 Å². The summed E-state index contributed by atoms with van der Waals surface area (Å²) >= 11 is 0. The van der Waals surface area contributed by atoms with Gasteiger partial charge in [0, 0.05) is 54.5 Å².